The molecule has 4 rings (SSSR count). The second-order valence-corrected chi connectivity index (χ2v) is 29.3. The number of benzene rings is 3. The van der Waals surface area contributed by atoms with Gasteiger partial charge in [-0.05, 0) is 216 Å². The minimum Gasteiger partial charge on any atom is -0.394 e. The first-order chi connectivity index (χ1) is 41.3. The van der Waals surface area contributed by atoms with E-state index in [1.165, 1.54) is 35.8 Å². The van der Waals surface area contributed by atoms with Gasteiger partial charge in [0, 0.05) is 90.8 Å². The van der Waals surface area contributed by atoms with Crippen LogP contribution < -0.4 is 16.0 Å². The highest BCUT2D eigenvalue weighted by molar-refractivity contribution is 14.1. The Labute approximate surface area is 627 Å². The topological polar surface area (TPSA) is 411 Å². The van der Waals surface area contributed by atoms with Gasteiger partial charge in [0.2, 0.25) is 17.7 Å². The van der Waals surface area contributed by atoms with Gasteiger partial charge in [0.05, 0.1) is 116 Å². The number of aliphatic hydroxyl groups is 10. The number of carbonyl (C=O) groups is 9. The molecule has 13 N–H and O–H groups in total. The van der Waals surface area contributed by atoms with Crippen LogP contribution in [0.3, 0.4) is 0 Å². The second-order valence-electron chi connectivity index (χ2n) is 19.5. The van der Waals surface area contributed by atoms with Crippen molar-refractivity contribution in [2.45, 2.75) is 37.3 Å². The van der Waals surface area contributed by atoms with Crippen LogP contribution in [0.1, 0.15) is 75.0 Å². The largest absolute Gasteiger partial charge is 0.394 e. The second kappa shape index (κ2) is 36.8. The van der Waals surface area contributed by atoms with Crippen LogP contribution >= 0.6 is 203 Å². The highest BCUT2D eigenvalue weighted by Gasteiger charge is 2.38. The summed E-state index contributed by atoms with van der Waals surface area (Å²) in [4.78, 5) is 135. The van der Waals surface area contributed by atoms with Crippen LogP contribution in [-0.2, 0) is 14.4 Å². The maximum atomic E-state index is 15.5. The van der Waals surface area contributed by atoms with E-state index in [1.807, 2.05) is 67.8 Å². The quantitative estimate of drug-likeness (QED) is 0.0664. The molecule has 0 spiro atoms. The smallest absolute Gasteiger partial charge is 0.256 e. The molecule has 1 saturated heterocycles. The van der Waals surface area contributed by atoms with E-state index in [0.29, 0.717) is 0 Å². The Morgan fingerprint density at radius 2 is 0.636 bits per heavy atom. The third kappa shape index (κ3) is 19.6. The van der Waals surface area contributed by atoms with Crippen LogP contribution in [0.15, 0.2) is 0 Å². The summed E-state index contributed by atoms with van der Waals surface area (Å²) in [5.74, 6) is -7.34. The average molecular weight is 2250 g/mol. The lowest BCUT2D eigenvalue weighted by atomic mass is 10.0. The van der Waals surface area contributed by atoms with Gasteiger partial charge in [-0.1, -0.05) is 0 Å². The van der Waals surface area contributed by atoms with Gasteiger partial charge in [-0.25, -0.2) is 0 Å². The van der Waals surface area contributed by atoms with Gasteiger partial charge in [-0.2, -0.15) is 0 Å². The molecule has 0 bridgehead atoms. The summed E-state index contributed by atoms with van der Waals surface area (Å²) in [5, 5.41) is 109. The van der Waals surface area contributed by atoms with Gasteiger partial charge >= 0.3 is 0 Å². The van der Waals surface area contributed by atoms with Gasteiger partial charge in [-0.3, -0.25) is 43.2 Å². The van der Waals surface area contributed by atoms with Crippen molar-refractivity contribution in [1.82, 2.24) is 29.4 Å². The molecule has 1 aliphatic rings. The zero-order valence-corrected chi connectivity index (χ0v) is 66.0. The number of halogens is 9. The number of amides is 9. The first-order valence-corrected chi connectivity index (χ1v) is 35.5. The van der Waals surface area contributed by atoms with Crippen LogP contribution in [0.4, 0.5) is 17.1 Å². The molecule has 1 aliphatic heterocycles. The predicted octanol–water partition coefficient (Wildman–Crippen LogP) is 1.08. The van der Waals surface area contributed by atoms with Crippen molar-refractivity contribution >= 4 is 274 Å². The molecule has 3 atom stereocenters. The fourth-order valence-corrected chi connectivity index (χ4v) is 21.8. The Kier molecular flexibility index (Phi) is 33.3. The summed E-state index contributed by atoms with van der Waals surface area (Å²) in [6, 6.07) is 0. The van der Waals surface area contributed by atoms with E-state index < -0.39 is 130 Å². The van der Waals surface area contributed by atoms with Crippen molar-refractivity contribution in [2.75, 3.05) is 136 Å². The molecule has 3 aromatic rings. The summed E-state index contributed by atoms with van der Waals surface area (Å²) < 4.78 is 0.928. The molecular formula is C51H60I9N9O19. The number of nitrogens with zero attached hydrogens (tertiary/aromatic N) is 6. The highest BCUT2D eigenvalue weighted by atomic mass is 127. The number of β-amino-alcohol motifs (C(OH)–C–C–N with tert-alkyl or cyclic N) is 1. The number of hydrogen-bond donors (Lipinski definition) is 13. The van der Waals surface area contributed by atoms with Gasteiger partial charge in [0.25, 0.3) is 35.4 Å². The van der Waals surface area contributed by atoms with Crippen molar-refractivity contribution < 1.29 is 94.2 Å². The first kappa shape index (κ1) is 79.5. The van der Waals surface area contributed by atoms with Crippen LogP contribution in [0, 0.1) is 32.1 Å². The molecule has 0 radical (unpaired) electrons. The molecular weight excluding hydrogens is 2180 g/mol. The van der Waals surface area contributed by atoms with Gasteiger partial charge in [0.1, 0.15) is 19.8 Å². The zero-order valence-electron chi connectivity index (χ0n) is 46.6. The van der Waals surface area contributed by atoms with Crippen molar-refractivity contribution in [2.24, 2.45) is 0 Å². The SMILES string of the molecule is CN(CC(O)CO)C(=O)c1c(I)c(NC(=O)CO)c(I)c(C(=O)N2CCCN(C(=O)c3c(I)c(NC(=O)CO)c(I)c(C(=O)N(C)CC(O)CO)c3I)CC(O)CN(C(=O)c3c(I)c(NC(=O)CO)c(I)c(C(=O)N(C)CC(O)CO)c3I)CCC2)c1I. The summed E-state index contributed by atoms with van der Waals surface area (Å²) in [6.45, 7) is -8.11. The van der Waals surface area contributed by atoms with Gasteiger partial charge < -0.3 is 96.4 Å². The molecule has 88 heavy (non-hydrogen) atoms. The maximum absolute atomic E-state index is 15.5. The van der Waals surface area contributed by atoms with E-state index in [1.54, 1.807) is 136 Å². The first-order valence-electron chi connectivity index (χ1n) is 25.8. The number of nitrogens with one attached hydrogen (secondary N) is 3. The Morgan fingerprint density at radius 3 is 0.875 bits per heavy atom. The fourth-order valence-electron chi connectivity index (χ4n) is 8.74. The lowest BCUT2D eigenvalue weighted by molar-refractivity contribution is -0.119. The van der Waals surface area contributed by atoms with E-state index in [4.69, 9.17) is 0 Å². The monoisotopic (exact) mass is 2240 g/mol. The molecule has 486 valence electrons. The molecule has 1 fully saturated rings. The molecule has 3 unspecified atom stereocenters. The summed E-state index contributed by atoms with van der Waals surface area (Å²) in [6.07, 6.45) is -5.75. The number of likely N-dealkylation sites (N-methyl/N-ethyl adjacent to an activating group) is 3. The van der Waals surface area contributed by atoms with Crippen LogP contribution in [0.2, 0.25) is 0 Å². The third-order valence-electron chi connectivity index (χ3n) is 13.0. The van der Waals surface area contributed by atoms with E-state index in [-0.39, 0.29) is 141 Å². The molecule has 0 aromatic heterocycles. The number of aliphatic hydroxyl groups excluding tert-OH is 10. The van der Waals surface area contributed by atoms with Crippen molar-refractivity contribution in [1.29, 1.82) is 0 Å². The van der Waals surface area contributed by atoms with Crippen LogP contribution in [-0.4, -0.2) is 278 Å². The van der Waals surface area contributed by atoms with E-state index in [9.17, 15) is 79.8 Å². The summed E-state index contributed by atoms with van der Waals surface area (Å²) in [7, 11) is 4.02. The van der Waals surface area contributed by atoms with E-state index >= 15 is 14.4 Å². The van der Waals surface area contributed by atoms with Crippen molar-refractivity contribution in [3.05, 3.63) is 65.5 Å². The lowest BCUT2D eigenvalue weighted by Gasteiger charge is -2.34. The van der Waals surface area contributed by atoms with Crippen LogP contribution in [0.25, 0.3) is 0 Å². The number of rotatable bonds is 21. The predicted molar refractivity (Wildman–Crippen MR) is 394 cm³/mol. The molecule has 28 nitrogen and oxygen atoms in total. The van der Waals surface area contributed by atoms with Crippen molar-refractivity contribution in [3.8, 4) is 0 Å². The standard InChI is InChI=1S/C51H60I9N9O19/c1-64(10-22(77)15-70)46(83)28-34(52)31(40(58)43(37(28)55)61-25(80)18-73)49(86)67-6-4-8-68(50(87)32-35(53)29(47(84)65(2)11-23(78)16-71)38(56)44(41(32)59)62-26(81)19-74)13-21(76)14-69(9-5-7-67)51(88)33-36(54)30(48(85)66(3)12-24(79)17-72)39(57)45(42(33)60)63-27(82)20-75/h21-24,70-79H,4-20H2,1-3H3,(H,61,80)(H,62,81)(H,63,82). The Bertz CT molecular complexity index is 3050. The molecule has 1 heterocycles. The van der Waals surface area contributed by atoms with Crippen molar-refractivity contribution in [3.63, 3.8) is 0 Å². The lowest BCUT2D eigenvalue weighted by Crippen LogP contribution is -2.48. The molecule has 0 aliphatic carbocycles. The molecule has 0 saturated carbocycles. The van der Waals surface area contributed by atoms with Gasteiger partial charge in [-0.15, -0.1) is 0 Å². The van der Waals surface area contributed by atoms with E-state index in [0.717, 1.165) is 14.7 Å². The normalized spacial score (nSPS) is 15.1. The number of hydrogen-bond acceptors (Lipinski definition) is 19. The fraction of sp³-hybridized carbons (Fsp3) is 0.471. The Morgan fingerprint density at radius 1 is 0.409 bits per heavy atom. The number of carbonyl (C=O) groups excluding carboxylic acids is 9. The molecule has 9 amide bonds. The number of anilines is 3. The highest BCUT2D eigenvalue weighted by Crippen LogP contribution is 2.41. The third-order valence-corrected chi connectivity index (χ3v) is 22.7. The average Bonchev–Trinajstić information content (AvgIpc) is 1.83. The molecule has 37 heteroatoms. The van der Waals surface area contributed by atoms with E-state index in [2.05, 4.69) is 16.0 Å². The minimum atomic E-state index is -1.60. The Hall–Kier alpha value is -0.940. The van der Waals surface area contributed by atoms with Gasteiger partial charge in [0.15, 0.2) is 0 Å². The maximum Gasteiger partial charge on any atom is 0.256 e. The minimum absolute atomic E-state index is 0.0184. The summed E-state index contributed by atoms with van der Waals surface area (Å²) in [5.41, 5.74) is -0.888. The van der Waals surface area contributed by atoms with Crippen LogP contribution in [0.5, 0.6) is 0 Å². The summed E-state index contributed by atoms with van der Waals surface area (Å²) >= 11 is 16.2. The zero-order chi connectivity index (χ0) is 66.5. The molecule has 3 aromatic carbocycles. The Balaban J connectivity index is 2.07.